The average Bonchev–Trinajstić information content (AvgIpc) is 2.79. The predicted molar refractivity (Wildman–Crippen MR) is 134 cm³/mol. The Labute approximate surface area is 194 Å². The summed E-state index contributed by atoms with van der Waals surface area (Å²) in [7, 11) is 0. The standard InChI is InChI=1S/C28H30N2OS/c1-19(2)18-32-27-29-25-22-13-7-6-12-21(22)17-28(15-9-4-10-16-28)24(25)26(31)30(27)23-14-8-5-11-20(23)3/h5-8,11-14H,1,4,9-10,15-18H2,2-3H3. The summed E-state index contributed by atoms with van der Waals surface area (Å²) < 4.78 is 1.88. The Balaban J connectivity index is 1.83. The molecule has 0 aliphatic heterocycles. The molecule has 0 atom stereocenters. The molecule has 0 bridgehead atoms. The highest BCUT2D eigenvalue weighted by molar-refractivity contribution is 7.99. The molecule has 1 aromatic heterocycles. The molecular formula is C28H30N2OS. The van der Waals surface area contributed by atoms with Gasteiger partial charge in [0, 0.05) is 16.7 Å². The zero-order valence-corrected chi connectivity index (χ0v) is 19.8. The molecule has 2 aliphatic carbocycles. The van der Waals surface area contributed by atoms with Crippen LogP contribution in [0.3, 0.4) is 0 Å². The minimum absolute atomic E-state index is 0.103. The third-order valence-electron chi connectivity index (χ3n) is 7.00. The lowest BCUT2D eigenvalue weighted by Crippen LogP contribution is -2.43. The van der Waals surface area contributed by atoms with Crippen LogP contribution in [0.4, 0.5) is 0 Å². The molecule has 0 radical (unpaired) electrons. The fourth-order valence-electron chi connectivity index (χ4n) is 5.50. The van der Waals surface area contributed by atoms with Gasteiger partial charge in [0.2, 0.25) is 0 Å². The van der Waals surface area contributed by atoms with Crippen molar-refractivity contribution in [1.29, 1.82) is 0 Å². The van der Waals surface area contributed by atoms with Crippen molar-refractivity contribution in [2.45, 2.75) is 62.9 Å². The van der Waals surface area contributed by atoms with Gasteiger partial charge in [-0.3, -0.25) is 9.36 Å². The normalized spacial score (nSPS) is 16.4. The summed E-state index contributed by atoms with van der Waals surface area (Å²) in [5.41, 5.74) is 7.42. The van der Waals surface area contributed by atoms with Crippen molar-refractivity contribution >= 4 is 11.8 Å². The van der Waals surface area contributed by atoms with E-state index >= 15 is 0 Å². The molecule has 3 aromatic rings. The summed E-state index contributed by atoms with van der Waals surface area (Å²) in [6, 6.07) is 16.7. The summed E-state index contributed by atoms with van der Waals surface area (Å²) in [4.78, 5) is 19.6. The number of benzene rings is 2. The van der Waals surface area contributed by atoms with Crippen LogP contribution in [-0.4, -0.2) is 15.3 Å². The first kappa shape index (κ1) is 21.3. The van der Waals surface area contributed by atoms with Crippen LogP contribution < -0.4 is 5.56 Å². The number of hydrogen-bond donors (Lipinski definition) is 0. The predicted octanol–water partition coefficient (Wildman–Crippen LogP) is 6.63. The van der Waals surface area contributed by atoms with Crippen LogP contribution in [0.1, 0.15) is 55.7 Å². The first-order chi connectivity index (χ1) is 15.5. The maximum atomic E-state index is 14.4. The Bertz CT molecular complexity index is 1250. The van der Waals surface area contributed by atoms with Gasteiger partial charge in [0.15, 0.2) is 5.16 Å². The third-order valence-corrected chi connectivity index (χ3v) is 8.17. The van der Waals surface area contributed by atoms with Gasteiger partial charge in [0.25, 0.3) is 5.56 Å². The van der Waals surface area contributed by atoms with Gasteiger partial charge in [-0.1, -0.05) is 85.6 Å². The lowest BCUT2D eigenvalue weighted by molar-refractivity contribution is 0.283. The van der Waals surface area contributed by atoms with Gasteiger partial charge >= 0.3 is 0 Å². The number of para-hydroxylation sites is 1. The first-order valence-electron chi connectivity index (χ1n) is 11.6. The van der Waals surface area contributed by atoms with Gasteiger partial charge in [-0.15, -0.1) is 0 Å². The molecule has 0 saturated heterocycles. The Morgan fingerprint density at radius 2 is 1.81 bits per heavy atom. The fraction of sp³-hybridized carbons (Fsp3) is 0.357. The van der Waals surface area contributed by atoms with Crippen LogP contribution in [0.2, 0.25) is 0 Å². The van der Waals surface area contributed by atoms with E-state index in [1.807, 2.05) is 29.7 Å². The van der Waals surface area contributed by atoms with Crippen LogP contribution in [0.15, 0.2) is 70.6 Å². The van der Waals surface area contributed by atoms with Crippen molar-refractivity contribution in [3.63, 3.8) is 0 Å². The maximum absolute atomic E-state index is 14.4. The number of aromatic nitrogens is 2. The summed E-state index contributed by atoms with van der Waals surface area (Å²) in [6.07, 6.45) is 6.69. The first-order valence-corrected chi connectivity index (χ1v) is 12.6. The number of thioether (sulfide) groups is 1. The maximum Gasteiger partial charge on any atom is 0.263 e. The lowest BCUT2D eigenvalue weighted by Gasteiger charge is -2.42. The van der Waals surface area contributed by atoms with Gasteiger partial charge in [-0.05, 0) is 50.3 Å². The summed E-state index contributed by atoms with van der Waals surface area (Å²) in [5, 5.41) is 0.758. The Morgan fingerprint density at radius 3 is 2.56 bits per heavy atom. The van der Waals surface area contributed by atoms with E-state index in [0.717, 1.165) is 63.8 Å². The Kier molecular flexibility index (Phi) is 5.58. The highest BCUT2D eigenvalue weighted by Crippen LogP contribution is 2.49. The monoisotopic (exact) mass is 442 g/mol. The largest absolute Gasteiger partial charge is 0.268 e. The molecule has 0 amide bonds. The molecule has 0 unspecified atom stereocenters. The van der Waals surface area contributed by atoms with E-state index in [4.69, 9.17) is 4.98 Å². The molecule has 2 aromatic carbocycles. The van der Waals surface area contributed by atoms with E-state index in [-0.39, 0.29) is 11.0 Å². The van der Waals surface area contributed by atoms with Crippen molar-refractivity contribution in [1.82, 2.24) is 9.55 Å². The average molecular weight is 443 g/mol. The van der Waals surface area contributed by atoms with E-state index in [1.165, 1.54) is 24.8 Å². The molecule has 1 fully saturated rings. The van der Waals surface area contributed by atoms with Gasteiger partial charge in [0.1, 0.15) is 0 Å². The Hall–Kier alpha value is -2.59. The van der Waals surface area contributed by atoms with Crippen LogP contribution in [-0.2, 0) is 11.8 Å². The summed E-state index contributed by atoms with van der Waals surface area (Å²) in [5.74, 6) is 0.740. The minimum atomic E-state index is -0.103. The SMILES string of the molecule is C=C(C)CSc1nc2c(c(=O)n1-c1ccccc1C)C1(CCCCC1)Cc1ccccc1-2. The number of fused-ring (bicyclic) bond motifs is 4. The highest BCUT2D eigenvalue weighted by Gasteiger charge is 2.43. The van der Waals surface area contributed by atoms with Crippen LogP contribution in [0.5, 0.6) is 0 Å². The van der Waals surface area contributed by atoms with Crippen LogP contribution >= 0.6 is 11.8 Å². The Morgan fingerprint density at radius 1 is 1.09 bits per heavy atom. The van der Waals surface area contributed by atoms with Crippen molar-refractivity contribution in [2.75, 3.05) is 5.75 Å². The fourth-order valence-corrected chi connectivity index (χ4v) is 6.34. The zero-order chi connectivity index (χ0) is 22.3. The molecule has 32 heavy (non-hydrogen) atoms. The van der Waals surface area contributed by atoms with Crippen LogP contribution in [0, 0.1) is 6.92 Å². The van der Waals surface area contributed by atoms with E-state index < -0.39 is 0 Å². The third kappa shape index (κ3) is 3.55. The molecule has 4 heteroatoms. The second-order valence-corrected chi connectivity index (χ2v) is 10.4. The van der Waals surface area contributed by atoms with E-state index in [9.17, 15) is 4.79 Å². The summed E-state index contributed by atoms with van der Waals surface area (Å²) >= 11 is 1.61. The smallest absolute Gasteiger partial charge is 0.263 e. The van der Waals surface area contributed by atoms with Crippen molar-refractivity contribution in [3.8, 4) is 16.9 Å². The molecule has 0 N–H and O–H groups in total. The van der Waals surface area contributed by atoms with E-state index in [2.05, 4.69) is 43.8 Å². The molecular weight excluding hydrogens is 412 g/mol. The van der Waals surface area contributed by atoms with Crippen LogP contribution in [0.25, 0.3) is 16.9 Å². The van der Waals surface area contributed by atoms with Gasteiger partial charge in [-0.25, -0.2) is 4.98 Å². The second kappa shape index (κ2) is 8.40. The number of hydrogen-bond acceptors (Lipinski definition) is 3. The molecule has 1 saturated carbocycles. The molecule has 2 aliphatic rings. The van der Waals surface area contributed by atoms with Crippen molar-refractivity contribution in [2.24, 2.45) is 0 Å². The van der Waals surface area contributed by atoms with Crippen molar-refractivity contribution < 1.29 is 0 Å². The molecule has 1 heterocycles. The quantitative estimate of drug-likeness (QED) is 0.258. The number of rotatable bonds is 4. The number of aryl methyl sites for hydroxylation is 1. The summed E-state index contributed by atoms with van der Waals surface area (Å²) in [6.45, 7) is 8.16. The van der Waals surface area contributed by atoms with E-state index in [0.29, 0.717) is 0 Å². The zero-order valence-electron chi connectivity index (χ0n) is 19.0. The van der Waals surface area contributed by atoms with E-state index in [1.54, 1.807) is 11.8 Å². The van der Waals surface area contributed by atoms with Gasteiger partial charge in [0.05, 0.1) is 16.9 Å². The molecule has 3 nitrogen and oxygen atoms in total. The van der Waals surface area contributed by atoms with Gasteiger partial charge in [-0.2, -0.15) is 0 Å². The number of nitrogens with zero attached hydrogens (tertiary/aromatic N) is 2. The molecule has 1 spiro atoms. The topological polar surface area (TPSA) is 34.9 Å². The van der Waals surface area contributed by atoms with Gasteiger partial charge < -0.3 is 0 Å². The second-order valence-electron chi connectivity index (χ2n) is 9.47. The van der Waals surface area contributed by atoms with Crippen molar-refractivity contribution in [3.05, 3.63) is 87.7 Å². The molecule has 164 valence electrons. The lowest BCUT2D eigenvalue weighted by atomic mass is 9.62. The minimum Gasteiger partial charge on any atom is -0.268 e. The molecule has 5 rings (SSSR count). The highest BCUT2D eigenvalue weighted by atomic mass is 32.2.